The minimum atomic E-state index is 0.363. The summed E-state index contributed by atoms with van der Waals surface area (Å²) < 4.78 is 5.55. The van der Waals surface area contributed by atoms with E-state index in [9.17, 15) is 0 Å². The van der Waals surface area contributed by atoms with Gasteiger partial charge in [0.15, 0.2) is 0 Å². The van der Waals surface area contributed by atoms with Crippen molar-refractivity contribution in [2.45, 2.75) is 0 Å². The van der Waals surface area contributed by atoms with E-state index >= 15 is 0 Å². The normalized spacial score (nSPS) is 9.50. The van der Waals surface area contributed by atoms with Gasteiger partial charge in [-0.05, 0) is 18.2 Å². The van der Waals surface area contributed by atoms with E-state index in [2.05, 4.69) is 6.07 Å². The first-order valence-electron chi connectivity index (χ1n) is 4.64. The maximum absolute atomic E-state index is 8.87. The Labute approximate surface area is 98.7 Å². The molecule has 2 aromatic rings. The second-order valence-corrected chi connectivity index (χ2v) is 3.46. The summed E-state index contributed by atoms with van der Waals surface area (Å²) in [5.41, 5.74) is 0.363. The van der Waals surface area contributed by atoms with E-state index < -0.39 is 0 Å². The Morgan fingerprint density at radius 2 is 1.88 bits per heavy atom. The number of rotatable bonds is 2. The number of benzene rings is 2. The fourth-order valence-corrected chi connectivity index (χ4v) is 1.41. The Bertz CT molecular complexity index is 546. The Hall–Kier alpha value is -1.98. The van der Waals surface area contributed by atoms with Gasteiger partial charge in [0.05, 0.1) is 5.02 Å². The van der Waals surface area contributed by atoms with Gasteiger partial charge < -0.3 is 4.74 Å². The zero-order chi connectivity index (χ0) is 11.4. The van der Waals surface area contributed by atoms with Crippen molar-refractivity contribution < 1.29 is 4.74 Å². The van der Waals surface area contributed by atoms with Crippen LogP contribution >= 0.6 is 11.6 Å². The highest BCUT2D eigenvalue weighted by atomic mass is 35.5. The van der Waals surface area contributed by atoms with E-state index in [0.29, 0.717) is 22.1 Å². The molecule has 2 aromatic carbocycles. The minimum Gasteiger partial charge on any atom is -0.454 e. The zero-order valence-corrected chi connectivity index (χ0v) is 9.03. The molecular formula is C13H7ClNO. The van der Waals surface area contributed by atoms with E-state index in [-0.39, 0.29) is 0 Å². The van der Waals surface area contributed by atoms with Crippen LogP contribution in [0.2, 0.25) is 5.02 Å². The molecule has 1 radical (unpaired) electrons. The summed E-state index contributed by atoms with van der Waals surface area (Å²) in [7, 11) is 0. The van der Waals surface area contributed by atoms with Crippen LogP contribution in [-0.2, 0) is 0 Å². The van der Waals surface area contributed by atoms with Crippen molar-refractivity contribution >= 4 is 11.6 Å². The molecule has 0 unspecified atom stereocenters. The molecule has 2 nitrogen and oxygen atoms in total. The topological polar surface area (TPSA) is 33.0 Å². The predicted molar refractivity (Wildman–Crippen MR) is 61.5 cm³/mol. The van der Waals surface area contributed by atoms with Crippen molar-refractivity contribution in [3.63, 3.8) is 0 Å². The average Bonchev–Trinajstić information content (AvgIpc) is 2.33. The number of halogens is 1. The third-order valence-corrected chi connectivity index (χ3v) is 2.30. The maximum Gasteiger partial charge on any atom is 0.146 e. The van der Waals surface area contributed by atoms with Crippen LogP contribution < -0.4 is 4.74 Å². The van der Waals surface area contributed by atoms with Gasteiger partial charge in [-0.15, -0.1) is 0 Å². The van der Waals surface area contributed by atoms with Crippen molar-refractivity contribution in [1.82, 2.24) is 0 Å². The predicted octanol–water partition coefficient (Wildman–Crippen LogP) is 3.80. The Morgan fingerprint density at radius 1 is 1.12 bits per heavy atom. The lowest BCUT2D eigenvalue weighted by Gasteiger charge is -2.07. The summed E-state index contributed by atoms with van der Waals surface area (Å²) in [6.07, 6.45) is 0. The summed E-state index contributed by atoms with van der Waals surface area (Å²) in [6, 6.07) is 17.1. The summed E-state index contributed by atoms with van der Waals surface area (Å²) in [5.74, 6) is 0.985. The smallest absolute Gasteiger partial charge is 0.146 e. The van der Waals surface area contributed by atoms with Crippen molar-refractivity contribution in [3.05, 3.63) is 59.1 Å². The fourth-order valence-electron chi connectivity index (χ4n) is 1.24. The molecule has 0 fully saturated rings. The molecule has 0 amide bonds. The molecule has 0 aliphatic carbocycles. The molecule has 0 aliphatic heterocycles. The molecule has 3 heteroatoms. The molecule has 0 spiro atoms. The van der Waals surface area contributed by atoms with Gasteiger partial charge in [0.25, 0.3) is 0 Å². The number of hydrogen-bond acceptors (Lipinski definition) is 2. The van der Waals surface area contributed by atoms with Crippen LogP contribution in [0.15, 0.2) is 42.5 Å². The lowest BCUT2D eigenvalue weighted by molar-refractivity contribution is 0.481. The molecule has 16 heavy (non-hydrogen) atoms. The molecule has 0 saturated carbocycles. The van der Waals surface area contributed by atoms with Gasteiger partial charge in [0.1, 0.15) is 23.1 Å². The number of hydrogen-bond donors (Lipinski definition) is 0. The lowest BCUT2D eigenvalue weighted by atomic mass is 10.2. The van der Waals surface area contributed by atoms with Gasteiger partial charge in [0.2, 0.25) is 0 Å². The first-order valence-corrected chi connectivity index (χ1v) is 5.02. The number of para-hydroxylation sites is 1. The summed E-state index contributed by atoms with van der Waals surface area (Å²) in [4.78, 5) is 0. The highest BCUT2D eigenvalue weighted by molar-refractivity contribution is 6.32. The van der Waals surface area contributed by atoms with Gasteiger partial charge >= 0.3 is 0 Å². The molecule has 0 atom stereocenters. The summed E-state index contributed by atoms with van der Waals surface area (Å²) in [6.45, 7) is 0. The van der Waals surface area contributed by atoms with Crippen molar-refractivity contribution in [3.8, 4) is 17.6 Å². The van der Waals surface area contributed by atoms with Crippen LogP contribution in [0.25, 0.3) is 0 Å². The average molecular weight is 229 g/mol. The Morgan fingerprint density at radius 3 is 2.62 bits per heavy atom. The third-order valence-electron chi connectivity index (χ3n) is 1.99. The van der Waals surface area contributed by atoms with E-state index in [4.69, 9.17) is 21.6 Å². The van der Waals surface area contributed by atoms with Crippen molar-refractivity contribution in [2.75, 3.05) is 0 Å². The lowest BCUT2D eigenvalue weighted by Crippen LogP contribution is -1.88. The molecule has 77 valence electrons. The van der Waals surface area contributed by atoms with Crippen LogP contribution in [0.5, 0.6) is 11.5 Å². The van der Waals surface area contributed by atoms with Gasteiger partial charge in [0, 0.05) is 6.07 Å². The summed E-state index contributed by atoms with van der Waals surface area (Å²) >= 11 is 5.95. The van der Waals surface area contributed by atoms with Crippen molar-refractivity contribution in [2.24, 2.45) is 0 Å². The summed E-state index contributed by atoms with van der Waals surface area (Å²) in [5, 5.41) is 9.38. The minimum absolute atomic E-state index is 0.363. The fraction of sp³-hybridized carbons (Fsp3) is 0. The van der Waals surface area contributed by atoms with E-state index in [1.54, 1.807) is 30.3 Å². The molecule has 0 saturated heterocycles. The largest absolute Gasteiger partial charge is 0.454 e. The Balaban J connectivity index is 2.35. The van der Waals surface area contributed by atoms with Gasteiger partial charge in [-0.2, -0.15) is 5.26 Å². The SMILES string of the molecule is N#Cc1[c]cccc1Oc1ccccc1Cl. The van der Waals surface area contributed by atoms with Gasteiger partial charge in [-0.3, -0.25) is 0 Å². The van der Waals surface area contributed by atoms with Crippen molar-refractivity contribution in [1.29, 1.82) is 5.26 Å². The van der Waals surface area contributed by atoms with Gasteiger partial charge in [-0.1, -0.05) is 35.9 Å². The van der Waals surface area contributed by atoms with E-state index in [0.717, 1.165) is 0 Å². The number of nitrogens with zero attached hydrogens (tertiary/aromatic N) is 1. The standard InChI is InChI=1S/C13H7ClNO/c14-11-6-2-4-8-13(11)16-12-7-3-1-5-10(12)9-15/h1-4,6-8H. The van der Waals surface area contributed by atoms with Crippen LogP contribution in [0, 0.1) is 17.4 Å². The highest BCUT2D eigenvalue weighted by Crippen LogP contribution is 2.30. The second kappa shape index (κ2) is 4.69. The second-order valence-electron chi connectivity index (χ2n) is 3.05. The monoisotopic (exact) mass is 228 g/mol. The number of ether oxygens (including phenoxy) is 1. The van der Waals surface area contributed by atoms with Crippen LogP contribution in [0.4, 0.5) is 0 Å². The molecule has 0 heterocycles. The number of nitriles is 1. The first kappa shape index (κ1) is 10.5. The molecule has 0 bridgehead atoms. The quantitative estimate of drug-likeness (QED) is 0.783. The molecule has 2 rings (SSSR count). The van der Waals surface area contributed by atoms with Crippen LogP contribution in [-0.4, -0.2) is 0 Å². The molecule has 0 aliphatic rings. The van der Waals surface area contributed by atoms with Crippen LogP contribution in [0.3, 0.4) is 0 Å². The van der Waals surface area contributed by atoms with E-state index in [1.165, 1.54) is 0 Å². The van der Waals surface area contributed by atoms with Gasteiger partial charge in [-0.25, -0.2) is 0 Å². The molecular weight excluding hydrogens is 222 g/mol. The maximum atomic E-state index is 8.87. The molecule has 0 aromatic heterocycles. The Kier molecular flexibility index (Phi) is 3.09. The third kappa shape index (κ3) is 2.16. The highest BCUT2D eigenvalue weighted by Gasteiger charge is 2.05. The zero-order valence-electron chi connectivity index (χ0n) is 8.27. The van der Waals surface area contributed by atoms with E-state index in [1.807, 2.05) is 18.2 Å². The molecule has 0 N–H and O–H groups in total. The first-order chi connectivity index (χ1) is 7.81. The van der Waals surface area contributed by atoms with Crippen LogP contribution in [0.1, 0.15) is 5.56 Å².